The maximum Gasteiger partial charge on any atom is 0.0701 e. The van der Waals surface area contributed by atoms with E-state index in [2.05, 4.69) is 40.0 Å². The molecule has 0 aromatic carbocycles. The van der Waals surface area contributed by atoms with E-state index in [0.29, 0.717) is 12.1 Å². The Kier molecular flexibility index (Phi) is 5.03. The zero-order chi connectivity index (χ0) is 12.3. The van der Waals surface area contributed by atoms with Gasteiger partial charge in [-0.25, -0.2) is 0 Å². The maximum absolute atomic E-state index is 6.21. The Labute approximate surface area is 116 Å². The van der Waals surface area contributed by atoms with Crippen molar-refractivity contribution < 1.29 is 0 Å². The Morgan fingerprint density at radius 2 is 2.18 bits per heavy atom. The van der Waals surface area contributed by atoms with Crippen LogP contribution in [0.25, 0.3) is 0 Å². The summed E-state index contributed by atoms with van der Waals surface area (Å²) in [5.74, 6) is 0. The molecule has 0 spiro atoms. The zero-order valence-corrected chi connectivity index (χ0v) is 12.8. The minimum Gasteiger partial charge on any atom is -0.326 e. The van der Waals surface area contributed by atoms with Gasteiger partial charge in [0, 0.05) is 23.5 Å². The number of nitrogens with zero attached hydrogens (tertiary/aromatic N) is 1. The smallest absolute Gasteiger partial charge is 0.0701 e. The molecule has 2 N–H and O–H groups in total. The second-order valence-electron chi connectivity index (χ2n) is 4.95. The van der Waals surface area contributed by atoms with E-state index in [1.165, 1.54) is 34.3 Å². The fourth-order valence-corrected chi connectivity index (χ4v) is 4.10. The van der Waals surface area contributed by atoms with Crippen molar-refractivity contribution in [3.63, 3.8) is 0 Å². The minimum atomic E-state index is 0.379. The van der Waals surface area contributed by atoms with Crippen molar-refractivity contribution in [1.29, 1.82) is 0 Å². The summed E-state index contributed by atoms with van der Waals surface area (Å²) in [6, 6.07) is 5.31. The van der Waals surface area contributed by atoms with Crippen LogP contribution in [-0.4, -0.2) is 30.6 Å². The first-order valence-electron chi connectivity index (χ1n) is 6.37. The molecule has 17 heavy (non-hydrogen) atoms. The predicted molar refractivity (Wildman–Crippen MR) is 78.6 cm³/mol. The van der Waals surface area contributed by atoms with Crippen LogP contribution in [0.15, 0.2) is 15.9 Å². The summed E-state index contributed by atoms with van der Waals surface area (Å²) in [5.41, 5.74) is 6.21. The predicted octanol–water partition coefficient (Wildman–Crippen LogP) is 3.25. The third kappa shape index (κ3) is 3.78. The molecule has 1 saturated carbocycles. The molecular formula is C13H21BrN2S. The Hall–Kier alpha value is 0.1000. The number of nitrogens with two attached hydrogens (primary N) is 1. The molecule has 0 saturated heterocycles. The summed E-state index contributed by atoms with van der Waals surface area (Å²) in [5, 5.41) is 0. The average Bonchev–Trinajstić information content (AvgIpc) is 2.73. The second-order valence-corrected chi connectivity index (χ2v) is 7.50. The molecule has 0 amide bonds. The first-order valence-corrected chi connectivity index (χ1v) is 7.98. The fraction of sp³-hybridized carbons (Fsp3) is 0.692. The minimum absolute atomic E-state index is 0.379. The quantitative estimate of drug-likeness (QED) is 0.923. The van der Waals surface area contributed by atoms with Crippen LogP contribution in [0.4, 0.5) is 0 Å². The summed E-state index contributed by atoms with van der Waals surface area (Å²) >= 11 is 5.35. The van der Waals surface area contributed by atoms with E-state index in [4.69, 9.17) is 5.73 Å². The van der Waals surface area contributed by atoms with Crippen LogP contribution in [0.5, 0.6) is 0 Å². The van der Waals surface area contributed by atoms with Crippen molar-refractivity contribution in [1.82, 2.24) is 4.90 Å². The van der Waals surface area contributed by atoms with Crippen LogP contribution in [0.1, 0.15) is 30.6 Å². The molecule has 0 aliphatic heterocycles. The van der Waals surface area contributed by atoms with Crippen molar-refractivity contribution in [2.75, 3.05) is 13.6 Å². The Bertz CT molecular complexity index is 353. The van der Waals surface area contributed by atoms with Gasteiger partial charge < -0.3 is 10.6 Å². The molecule has 1 aromatic heterocycles. The molecular weight excluding hydrogens is 296 g/mol. The van der Waals surface area contributed by atoms with Gasteiger partial charge >= 0.3 is 0 Å². The summed E-state index contributed by atoms with van der Waals surface area (Å²) < 4.78 is 1.23. The number of hydrogen-bond donors (Lipinski definition) is 1. The van der Waals surface area contributed by atoms with Gasteiger partial charge in [-0.05, 0) is 54.4 Å². The average molecular weight is 317 g/mol. The summed E-state index contributed by atoms with van der Waals surface area (Å²) in [6.45, 7) is 1.12. The molecule has 2 rings (SSSR count). The van der Waals surface area contributed by atoms with E-state index in [0.717, 1.165) is 13.0 Å². The third-order valence-electron chi connectivity index (χ3n) is 3.69. The Balaban J connectivity index is 1.82. The second kappa shape index (κ2) is 6.32. The highest BCUT2D eigenvalue weighted by molar-refractivity contribution is 9.11. The van der Waals surface area contributed by atoms with E-state index in [1.54, 1.807) is 0 Å². The lowest BCUT2D eigenvalue weighted by Crippen LogP contribution is -2.48. The van der Waals surface area contributed by atoms with Crippen LogP contribution in [0.3, 0.4) is 0 Å². The highest BCUT2D eigenvalue weighted by atomic mass is 79.9. The van der Waals surface area contributed by atoms with Crippen LogP contribution in [0, 0.1) is 0 Å². The molecule has 4 heteroatoms. The van der Waals surface area contributed by atoms with Crippen LogP contribution in [-0.2, 0) is 6.42 Å². The monoisotopic (exact) mass is 316 g/mol. The molecule has 1 aliphatic rings. The van der Waals surface area contributed by atoms with E-state index in [-0.39, 0.29) is 0 Å². The van der Waals surface area contributed by atoms with E-state index in [1.807, 2.05) is 11.3 Å². The number of thiophene rings is 1. The van der Waals surface area contributed by atoms with Gasteiger partial charge in [0.1, 0.15) is 0 Å². The van der Waals surface area contributed by atoms with Gasteiger partial charge in [0.25, 0.3) is 0 Å². The lowest BCUT2D eigenvalue weighted by Gasteiger charge is -2.36. The third-order valence-corrected chi connectivity index (χ3v) is 5.37. The van der Waals surface area contributed by atoms with Gasteiger partial charge in [-0.2, -0.15) is 0 Å². The molecule has 1 fully saturated rings. The number of hydrogen-bond acceptors (Lipinski definition) is 3. The van der Waals surface area contributed by atoms with Gasteiger partial charge in [0.15, 0.2) is 0 Å². The normalized spacial score (nSPS) is 25.4. The molecule has 2 nitrogen and oxygen atoms in total. The van der Waals surface area contributed by atoms with Crippen LogP contribution < -0.4 is 5.73 Å². The summed E-state index contributed by atoms with van der Waals surface area (Å²) in [7, 11) is 2.22. The Morgan fingerprint density at radius 3 is 2.82 bits per heavy atom. The Morgan fingerprint density at radius 1 is 1.41 bits per heavy atom. The SMILES string of the molecule is CN(CCc1ccc(Br)s1)C1CCCCC1N. The highest BCUT2D eigenvalue weighted by Gasteiger charge is 2.24. The van der Waals surface area contributed by atoms with E-state index >= 15 is 0 Å². The van der Waals surface area contributed by atoms with Gasteiger partial charge in [0.2, 0.25) is 0 Å². The van der Waals surface area contributed by atoms with Crippen molar-refractivity contribution >= 4 is 27.3 Å². The molecule has 1 aliphatic carbocycles. The topological polar surface area (TPSA) is 29.3 Å². The van der Waals surface area contributed by atoms with Crippen molar-refractivity contribution in [3.8, 4) is 0 Å². The summed E-state index contributed by atoms with van der Waals surface area (Å²) in [4.78, 5) is 3.91. The first kappa shape index (κ1) is 13.5. The largest absolute Gasteiger partial charge is 0.326 e. The maximum atomic E-state index is 6.21. The molecule has 1 aromatic rings. The van der Waals surface area contributed by atoms with Crippen LogP contribution >= 0.6 is 27.3 Å². The van der Waals surface area contributed by atoms with Gasteiger partial charge in [-0.15, -0.1) is 11.3 Å². The lowest BCUT2D eigenvalue weighted by atomic mass is 9.90. The molecule has 2 atom stereocenters. The molecule has 0 bridgehead atoms. The lowest BCUT2D eigenvalue weighted by molar-refractivity contribution is 0.171. The van der Waals surface area contributed by atoms with Gasteiger partial charge in [-0.3, -0.25) is 0 Å². The first-order chi connectivity index (χ1) is 8.16. The van der Waals surface area contributed by atoms with Gasteiger partial charge in [0.05, 0.1) is 3.79 Å². The van der Waals surface area contributed by atoms with Crippen molar-refractivity contribution in [3.05, 3.63) is 20.8 Å². The van der Waals surface area contributed by atoms with E-state index in [9.17, 15) is 0 Å². The standard InChI is InChI=1S/C13H21BrN2S/c1-16(12-5-3-2-4-11(12)15)9-8-10-6-7-13(14)17-10/h6-7,11-12H,2-5,8-9,15H2,1H3. The zero-order valence-electron chi connectivity index (χ0n) is 10.4. The fourth-order valence-electron chi connectivity index (χ4n) is 2.63. The highest BCUT2D eigenvalue weighted by Crippen LogP contribution is 2.24. The number of halogens is 1. The summed E-state index contributed by atoms with van der Waals surface area (Å²) in [6.07, 6.45) is 6.25. The van der Waals surface area contributed by atoms with Crippen molar-refractivity contribution in [2.24, 2.45) is 5.73 Å². The molecule has 1 heterocycles. The molecule has 96 valence electrons. The van der Waals surface area contributed by atoms with Gasteiger partial charge in [-0.1, -0.05) is 12.8 Å². The molecule has 2 unspecified atom stereocenters. The van der Waals surface area contributed by atoms with Crippen molar-refractivity contribution in [2.45, 2.75) is 44.2 Å². The number of likely N-dealkylation sites (N-methyl/N-ethyl adjacent to an activating group) is 1. The number of rotatable bonds is 4. The van der Waals surface area contributed by atoms with E-state index < -0.39 is 0 Å². The van der Waals surface area contributed by atoms with Crippen LogP contribution in [0.2, 0.25) is 0 Å². The molecule has 0 radical (unpaired) electrons.